The zero-order valence-electron chi connectivity index (χ0n) is 10.9. The summed E-state index contributed by atoms with van der Waals surface area (Å²) in [6, 6.07) is 4.02. The molecule has 19 heavy (non-hydrogen) atoms. The van der Waals surface area contributed by atoms with Crippen molar-refractivity contribution < 1.29 is 13.5 Å². The highest BCUT2D eigenvalue weighted by atomic mass is 19.1. The van der Waals surface area contributed by atoms with Crippen molar-refractivity contribution in [1.29, 1.82) is 0 Å². The van der Waals surface area contributed by atoms with Crippen molar-refractivity contribution in [2.45, 2.75) is 31.8 Å². The Morgan fingerprint density at radius 2 is 1.95 bits per heavy atom. The molecule has 2 nitrogen and oxygen atoms in total. The second-order valence-electron chi connectivity index (χ2n) is 5.82. The van der Waals surface area contributed by atoms with E-state index in [4.69, 9.17) is 10.5 Å². The third-order valence-electron chi connectivity index (χ3n) is 4.55. The summed E-state index contributed by atoms with van der Waals surface area (Å²) in [5.74, 6) is -0.426. The van der Waals surface area contributed by atoms with E-state index in [-0.39, 0.29) is 17.1 Å². The number of rotatable bonds is 4. The van der Waals surface area contributed by atoms with E-state index in [2.05, 4.69) is 0 Å². The van der Waals surface area contributed by atoms with Gasteiger partial charge in [-0.05, 0) is 43.7 Å². The van der Waals surface area contributed by atoms with Crippen molar-refractivity contribution in [1.82, 2.24) is 0 Å². The molecule has 2 aliphatic rings. The molecule has 2 N–H and O–H groups in total. The molecule has 0 amide bonds. The Hall–Kier alpha value is -1.00. The summed E-state index contributed by atoms with van der Waals surface area (Å²) < 4.78 is 33.5. The van der Waals surface area contributed by atoms with Crippen LogP contribution in [0.1, 0.15) is 24.8 Å². The van der Waals surface area contributed by atoms with E-state index >= 15 is 0 Å². The molecule has 2 unspecified atom stereocenters. The van der Waals surface area contributed by atoms with E-state index in [1.165, 1.54) is 18.2 Å². The number of ether oxygens (including phenoxy) is 1. The number of hydrogen-bond acceptors (Lipinski definition) is 2. The lowest BCUT2D eigenvalue weighted by Gasteiger charge is -2.33. The molecular formula is C15H19F2NO. The Bertz CT molecular complexity index is 455. The first kappa shape index (κ1) is 13.0. The van der Waals surface area contributed by atoms with Gasteiger partial charge >= 0.3 is 0 Å². The normalized spacial score (nSPS) is 30.8. The van der Waals surface area contributed by atoms with Gasteiger partial charge in [-0.3, -0.25) is 0 Å². The molecule has 1 saturated carbocycles. The van der Waals surface area contributed by atoms with E-state index in [1.54, 1.807) is 0 Å². The molecular weight excluding hydrogens is 248 g/mol. The summed E-state index contributed by atoms with van der Waals surface area (Å²) in [7, 11) is 0. The molecule has 2 fully saturated rings. The molecule has 0 aromatic heterocycles. The first-order valence-electron chi connectivity index (χ1n) is 6.91. The van der Waals surface area contributed by atoms with Crippen LogP contribution in [0.3, 0.4) is 0 Å². The number of nitrogens with two attached hydrogens (primary N) is 1. The molecule has 0 spiro atoms. The highest BCUT2D eigenvalue weighted by molar-refractivity contribution is 5.22. The fourth-order valence-electron chi connectivity index (χ4n) is 3.28. The molecule has 1 aliphatic carbocycles. The van der Waals surface area contributed by atoms with Gasteiger partial charge in [0.15, 0.2) is 0 Å². The van der Waals surface area contributed by atoms with Gasteiger partial charge in [0.2, 0.25) is 0 Å². The van der Waals surface area contributed by atoms with Gasteiger partial charge in [-0.2, -0.15) is 0 Å². The minimum absolute atomic E-state index is 0.0662. The zero-order valence-corrected chi connectivity index (χ0v) is 10.9. The van der Waals surface area contributed by atoms with Crippen LogP contribution < -0.4 is 5.73 Å². The predicted octanol–water partition coefficient (Wildman–Crippen LogP) is 2.65. The lowest BCUT2D eigenvalue weighted by molar-refractivity contribution is 0.0338. The average Bonchev–Trinajstić information content (AvgIpc) is 3.15. The maximum Gasteiger partial charge on any atom is 0.129 e. The van der Waals surface area contributed by atoms with E-state index < -0.39 is 11.6 Å². The molecule has 0 bridgehead atoms. The molecule has 104 valence electrons. The fraction of sp³-hybridized carbons (Fsp3) is 0.600. The zero-order chi connectivity index (χ0) is 13.5. The first-order valence-corrected chi connectivity index (χ1v) is 6.91. The van der Waals surface area contributed by atoms with E-state index in [0.29, 0.717) is 25.5 Å². The van der Waals surface area contributed by atoms with Crippen molar-refractivity contribution >= 4 is 0 Å². The molecule has 2 atom stereocenters. The van der Waals surface area contributed by atoms with Crippen LogP contribution in [0.4, 0.5) is 8.78 Å². The first-order chi connectivity index (χ1) is 9.16. The van der Waals surface area contributed by atoms with Gasteiger partial charge in [0.1, 0.15) is 11.6 Å². The second kappa shape index (κ2) is 4.84. The van der Waals surface area contributed by atoms with Gasteiger partial charge in [0.25, 0.3) is 0 Å². The van der Waals surface area contributed by atoms with Gasteiger partial charge < -0.3 is 10.5 Å². The Morgan fingerprint density at radius 3 is 2.53 bits per heavy atom. The van der Waals surface area contributed by atoms with Crippen molar-refractivity contribution in [3.8, 4) is 0 Å². The minimum atomic E-state index is -0.478. The van der Waals surface area contributed by atoms with Crippen LogP contribution in [0, 0.1) is 23.0 Å². The maximum atomic E-state index is 13.8. The van der Waals surface area contributed by atoms with Crippen LogP contribution in [0.15, 0.2) is 18.2 Å². The fourth-order valence-corrected chi connectivity index (χ4v) is 3.28. The van der Waals surface area contributed by atoms with Gasteiger partial charge in [-0.1, -0.05) is 6.07 Å². The smallest absolute Gasteiger partial charge is 0.129 e. The summed E-state index contributed by atoms with van der Waals surface area (Å²) in [4.78, 5) is 0. The monoisotopic (exact) mass is 267 g/mol. The average molecular weight is 267 g/mol. The molecule has 4 heteroatoms. The van der Waals surface area contributed by atoms with Crippen LogP contribution in [0.25, 0.3) is 0 Å². The van der Waals surface area contributed by atoms with E-state index in [0.717, 1.165) is 19.3 Å². The summed E-state index contributed by atoms with van der Waals surface area (Å²) in [5.41, 5.74) is 5.80. The third-order valence-corrected chi connectivity index (χ3v) is 4.55. The molecule has 1 heterocycles. The second-order valence-corrected chi connectivity index (χ2v) is 5.82. The van der Waals surface area contributed by atoms with Crippen LogP contribution >= 0.6 is 0 Å². The van der Waals surface area contributed by atoms with Gasteiger partial charge in [0, 0.05) is 24.1 Å². The van der Waals surface area contributed by atoms with Crippen LogP contribution in [0.5, 0.6) is 0 Å². The van der Waals surface area contributed by atoms with Crippen LogP contribution in [-0.4, -0.2) is 19.3 Å². The van der Waals surface area contributed by atoms with Gasteiger partial charge in [-0.15, -0.1) is 0 Å². The lowest BCUT2D eigenvalue weighted by Crippen LogP contribution is -2.42. The summed E-state index contributed by atoms with van der Waals surface area (Å²) in [6.07, 6.45) is 3.48. The minimum Gasteiger partial charge on any atom is -0.377 e. The molecule has 1 aromatic rings. The number of benzene rings is 1. The standard InChI is InChI=1S/C15H19F2NO/c16-12-2-1-3-13(17)11(12)8-15(9-18)6-7-19-14(15)10-4-5-10/h1-3,10,14H,4-9,18H2. The van der Waals surface area contributed by atoms with Crippen molar-refractivity contribution in [2.75, 3.05) is 13.2 Å². The molecule has 1 aliphatic heterocycles. The highest BCUT2D eigenvalue weighted by Gasteiger charge is 2.50. The SMILES string of the molecule is NCC1(Cc2c(F)cccc2F)CCOC1C1CC1. The van der Waals surface area contributed by atoms with E-state index in [1.807, 2.05) is 0 Å². The van der Waals surface area contributed by atoms with Crippen molar-refractivity contribution in [3.63, 3.8) is 0 Å². The number of halogens is 2. The third kappa shape index (κ3) is 2.28. The maximum absolute atomic E-state index is 13.8. The number of hydrogen-bond donors (Lipinski definition) is 1. The molecule has 1 aromatic carbocycles. The van der Waals surface area contributed by atoms with Gasteiger partial charge in [-0.25, -0.2) is 8.78 Å². The Kier molecular flexibility index (Phi) is 3.31. The van der Waals surface area contributed by atoms with Crippen LogP contribution in [-0.2, 0) is 11.2 Å². The Balaban J connectivity index is 1.90. The quantitative estimate of drug-likeness (QED) is 0.910. The van der Waals surface area contributed by atoms with Crippen molar-refractivity contribution in [3.05, 3.63) is 35.4 Å². The highest BCUT2D eigenvalue weighted by Crippen LogP contribution is 2.49. The van der Waals surface area contributed by atoms with E-state index in [9.17, 15) is 8.78 Å². The van der Waals surface area contributed by atoms with Crippen LogP contribution in [0.2, 0.25) is 0 Å². The molecule has 3 rings (SSSR count). The molecule has 0 radical (unpaired) electrons. The Morgan fingerprint density at radius 1 is 1.26 bits per heavy atom. The van der Waals surface area contributed by atoms with Gasteiger partial charge in [0.05, 0.1) is 6.10 Å². The van der Waals surface area contributed by atoms with Crippen molar-refractivity contribution in [2.24, 2.45) is 17.1 Å². The largest absolute Gasteiger partial charge is 0.377 e. The predicted molar refractivity (Wildman–Crippen MR) is 68.6 cm³/mol. The summed E-state index contributed by atoms with van der Waals surface area (Å²) >= 11 is 0. The lowest BCUT2D eigenvalue weighted by atomic mass is 9.74. The summed E-state index contributed by atoms with van der Waals surface area (Å²) in [6.45, 7) is 1.07. The summed E-state index contributed by atoms with van der Waals surface area (Å²) in [5, 5.41) is 0. The molecule has 1 saturated heterocycles. The Labute approximate surface area is 111 Å². The topological polar surface area (TPSA) is 35.2 Å².